The maximum absolute atomic E-state index is 12.3. The molecule has 3 rings (SSSR count). The maximum Gasteiger partial charge on any atom is 0.527 e. The van der Waals surface area contributed by atoms with Gasteiger partial charge in [0.05, 0.1) is 17.7 Å². The van der Waals surface area contributed by atoms with Crippen LogP contribution in [-0.4, -0.2) is 35.0 Å². The second-order valence-electron chi connectivity index (χ2n) is 7.70. The van der Waals surface area contributed by atoms with Gasteiger partial charge in [-0.05, 0) is 43.0 Å². The summed E-state index contributed by atoms with van der Waals surface area (Å²) in [6.07, 6.45) is 5.34. The van der Waals surface area contributed by atoms with Crippen LogP contribution in [0.2, 0.25) is 5.02 Å². The maximum atomic E-state index is 12.3. The van der Waals surface area contributed by atoms with Crippen molar-refractivity contribution in [2.45, 2.75) is 38.1 Å². The molecule has 10 heteroatoms. The van der Waals surface area contributed by atoms with Gasteiger partial charge < -0.3 is 20.6 Å². The zero-order chi connectivity index (χ0) is 23.7. The number of aromatic amines is 1. The third kappa shape index (κ3) is 7.88. The van der Waals surface area contributed by atoms with E-state index in [-0.39, 0.29) is 23.3 Å². The van der Waals surface area contributed by atoms with Crippen molar-refractivity contribution in [1.82, 2.24) is 10.3 Å². The number of nitrogens with one attached hydrogen (secondary N) is 2. The summed E-state index contributed by atoms with van der Waals surface area (Å²) in [7, 11) is -4.22. The first kappa shape index (κ1) is 25.3. The number of benzene rings is 2. The van der Waals surface area contributed by atoms with Crippen LogP contribution in [0.15, 0.2) is 54.7 Å². The van der Waals surface area contributed by atoms with Gasteiger partial charge in [0.2, 0.25) is 5.91 Å². The quantitative estimate of drug-likeness (QED) is 0.204. The van der Waals surface area contributed by atoms with Crippen LogP contribution < -0.4 is 15.6 Å². The highest BCUT2D eigenvalue weighted by atomic mass is 35.5. The molecule has 1 amide bonds. The number of carbonyl (C=O) groups is 1. The number of halogens is 1. The van der Waals surface area contributed by atoms with Crippen molar-refractivity contribution in [3.63, 3.8) is 0 Å². The molecule has 3 aromatic rings. The van der Waals surface area contributed by atoms with E-state index in [0.29, 0.717) is 19.4 Å². The molecule has 8 nitrogen and oxygen atoms in total. The minimum Gasteiger partial charge on any atom is -0.403 e. The minimum absolute atomic E-state index is 0.0834. The van der Waals surface area contributed by atoms with Gasteiger partial charge in [0, 0.05) is 23.6 Å². The molecule has 5 N–H and O–H groups in total. The Kier molecular flexibility index (Phi) is 9.35. The summed E-state index contributed by atoms with van der Waals surface area (Å²) in [6, 6.07) is 13.7. The van der Waals surface area contributed by atoms with Crippen LogP contribution in [0.1, 0.15) is 31.2 Å². The number of rotatable bonds is 13. The van der Waals surface area contributed by atoms with Crippen molar-refractivity contribution in [2.24, 2.45) is 5.73 Å². The highest BCUT2D eigenvalue weighted by molar-refractivity contribution is 7.47. The number of H-pyrrole nitrogens is 1. The lowest BCUT2D eigenvalue weighted by molar-refractivity contribution is -0.122. The first-order valence-corrected chi connectivity index (χ1v) is 12.7. The molecule has 2 aromatic carbocycles. The van der Waals surface area contributed by atoms with Gasteiger partial charge in [-0.2, -0.15) is 0 Å². The molecule has 0 fully saturated rings. The second-order valence-corrected chi connectivity index (χ2v) is 9.48. The Bertz CT molecular complexity index is 1110. The van der Waals surface area contributed by atoms with E-state index in [1.807, 2.05) is 30.5 Å². The van der Waals surface area contributed by atoms with Crippen molar-refractivity contribution in [2.75, 3.05) is 13.2 Å². The molecule has 0 bridgehead atoms. The number of hydrogen-bond acceptors (Lipinski definition) is 5. The number of unbranched alkanes of at least 4 members (excludes halogenated alkanes) is 3. The molecule has 0 spiro atoms. The number of fused-ring (bicyclic) bond motifs is 1. The third-order valence-corrected chi connectivity index (χ3v) is 6.38. The molecule has 1 aromatic heterocycles. The first-order chi connectivity index (χ1) is 15.9. The Hall–Kier alpha value is -2.35. The highest BCUT2D eigenvalue weighted by Crippen LogP contribution is 2.45. The minimum atomic E-state index is -4.22. The number of aromatic nitrogens is 1. The van der Waals surface area contributed by atoms with Gasteiger partial charge in [0.15, 0.2) is 0 Å². The normalized spacial score (nSPS) is 14.0. The Morgan fingerprint density at radius 2 is 1.85 bits per heavy atom. The second kappa shape index (κ2) is 12.2. The number of carbonyl (C=O) groups excluding carboxylic acids is 1. The van der Waals surface area contributed by atoms with Gasteiger partial charge in [0.25, 0.3) is 0 Å². The van der Waals surface area contributed by atoms with Gasteiger partial charge in [0.1, 0.15) is 5.75 Å². The van der Waals surface area contributed by atoms with Crippen LogP contribution in [0.25, 0.3) is 10.9 Å². The van der Waals surface area contributed by atoms with Crippen molar-refractivity contribution in [1.29, 1.82) is 0 Å². The fourth-order valence-corrected chi connectivity index (χ4v) is 4.45. The third-order valence-electron chi connectivity index (χ3n) is 5.13. The monoisotopic (exact) mass is 493 g/mol. The van der Waals surface area contributed by atoms with E-state index < -0.39 is 13.9 Å². The summed E-state index contributed by atoms with van der Waals surface area (Å²) in [5.74, 6) is -0.0785. The summed E-state index contributed by atoms with van der Waals surface area (Å²) < 4.78 is 22.0. The fourth-order valence-electron chi connectivity index (χ4n) is 3.40. The molecule has 0 aliphatic heterocycles. The Morgan fingerprint density at radius 1 is 1.12 bits per heavy atom. The molecule has 0 saturated carbocycles. The van der Waals surface area contributed by atoms with E-state index in [1.54, 1.807) is 18.2 Å². The number of hydrogen-bond donors (Lipinski definition) is 4. The number of amides is 1. The predicted octanol–water partition coefficient (Wildman–Crippen LogP) is 4.56. The van der Waals surface area contributed by atoms with Crippen molar-refractivity contribution >= 4 is 36.2 Å². The number of nitrogens with two attached hydrogens (primary N) is 1. The molecule has 0 aliphatic rings. The van der Waals surface area contributed by atoms with Crippen LogP contribution in [0.4, 0.5) is 0 Å². The summed E-state index contributed by atoms with van der Waals surface area (Å²) in [5, 5.41) is 4.18. The zero-order valence-corrected chi connectivity index (χ0v) is 19.9. The van der Waals surface area contributed by atoms with Crippen molar-refractivity contribution in [3.05, 3.63) is 65.3 Å². The van der Waals surface area contributed by atoms with E-state index >= 15 is 0 Å². The lowest BCUT2D eigenvalue weighted by atomic mass is 10.1. The van der Waals surface area contributed by atoms with Gasteiger partial charge in [-0.1, -0.05) is 54.8 Å². The standard InChI is InChI=1S/C23H29ClN3O5P/c24-19-10-4-6-12-22(19)32-33(29,30)31-14-8-2-1-7-13-26-23(28)20(25)15-17-16-27-21-11-5-3-9-18(17)21/h3-6,9-12,16,20,27H,1-2,7-8,13-15,25H2,(H,26,28)(H,29,30)/t20-/m1/s1. The smallest absolute Gasteiger partial charge is 0.403 e. The molecule has 1 heterocycles. The molecule has 0 radical (unpaired) electrons. The van der Waals surface area contributed by atoms with Crippen LogP contribution in [0, 0.1) is 0 Å². The van der Waals surface area contributed by atoms with Crippen LogP contribution >= 0.6 is 19.4 Å². The van der Waals surface area contributed by atoms with Crippen molar-refractivity contribution < 1.29 is 23.3 Å². The molecule has 2 atom stereocenters. The molecule has 0 saturated heterocycles. The predicted molar refractivity (Wildman–Crippen MR) is 129 cm³/mol. The molecular formula is C23H29ClN3O5P. The number of phosphoric acid groups is 1. The van der Waals surface area contributed by atoms with Gasteiger partial charge >= 0.3 is 7.82 Å². The van der Waals surface area contributed by atoms with E-state index in [1.165, 1.54) is 6.07 Å². The zero-order valence-electron chi connectivity index (χ0n) is 18.2. The molecular weight excluding hydrogens is 465 g/mol. The van der Waals surface area contributed by atoms with E-state index in [4.69, 9.17) is 26.4 Å². The van der Waals surface area contributed by atoms with E-state index in [0.717, 1.165) is 35.7 Å². The van der Waals surface area contributed by atoms with E-state index in [2.05, 4.69) is 10.3 Å². The van der Waals surface area contributed by atoms with Crippen LogP contribution in [0.5, 0.6) is 5.75 Å². The van der Waals surface area contributed by atoms with Gasteiger partial charge in [-0.3, -0.25) is 14.2 Å². The van der Waals surface area contributed by atoms with Crippen LogP contribution in [0.3, 0.4) is 0 Å². The van der Waals surface area contributed by atoms with Crippen molar-refractivity contribution in [3.8, 4) is 5.75 Å². The molecule has 178 valence electrons. The SMILES string of the molecule is N[C@H](Cc1c[nH]c2ccccc12)C(=O)NCCCCCCOP(=O)(O)Oc1ccccc1Cl. The van der Waals surface area contributed by atoms with Crippen LogP contribution in [-0.2, 0) is 20.3 Å². The average Bonchev–Trinajstić information content (AvgIpc) is 3.19. The first-order valence-electron chi connectivity index (χ1n) is 10.9. The fraction of sp³-hybridized carbons (Fsp3) is 0.348. The van der Waals surface area contributed by atoms with Gasteiger partial charge in [-0.25, -0.2) is 4.57 Å². The topological polar surface area (TPSA) is 127 Å². The van der Waals surface area contributed by atoms with E-state index in [9.17, 15) is 14.3 Å². The Balaban J connectivity index is 1.26. The lowest BCUT2D eigenvalue weighted by Crippen LogP contribution is -2.42. The Morgan fingerprint density at radius 3 is 2.67 bits per heavy atom. The summed E-state index contributed by atoms with van der Waals surface area (Å²) in [5.41, 5.74) is 8.12. The number of phosphoric ester groups is 1. The highest BCUT2D eigenvalue weighted by Gasteiger charge is 2.23. The number of para-hydroxylation sites is 2. The molecule has 1 unspecified atom stereocenters. The summed E-state index contributed by atoms with van der Waals surface area (Å²) in [6.45, 7) is 0.607. The summed E-state index contributed by atoms with van der Waals surface area (Å²) in [4.78, 5) is 25.3. The molecule has 33 heavy (non-hydrogen) atoms. The van der Waals surface area contributed by atoms with Gasteiger partial charge in [-0.15, -0.1) is 0 Å². The lowest BCUT2D eigenvalue weighted by Gasteiger charge is -2.14. The average molecular weight is 494 g/mol. The Labute approximate surface area is 198 Å². The summed E-state index contributed by atoms with van der Waals surface area (Å²) >= 11 is 5.91. The molecule has 0 aliphatic carbocycles. The largest absolute Gasteiger partial charge is 0.527 e.